The van der Waals surface area contributed by atoms with Crippen molar-refractivity contribution in [3.63, 3.8) is 0 Å². The van der Waals surface area contributed by atoms with Crippen molar-refractivity contribution in [2.24, 2.45) is 0 Å². The van der Waals surface area contributed by atoms with Gasteiger partial charge in [0.15, 0.2) is 11.5 Å². The molecule has 2 aromatic rings. The lowest BCUT2D eigenvalue weighted by Crippen LogP contribution is -2.24. The summed E-state index contributed by atoms with van der Waals surface area (Å²) in [6, 6.07) is 10.3. The molecular weight excluding hydrogens is 350 g/mol. The zero-order chi connectivity index (χ0) is 20.2. The van der Waals surface area contributed by atoms with Crippen LogP contribution in [0.15, 0.2) is 42.7 Å². The van der Waals surface area contributed by atoms with E-state index in [1.807, 2.05) is 30.6 Å². The summed E-state index contributed by atoms with van der Waals surface area (Å²) in [6.45, 7) is 6.67. The molecule has 0 radical (unpaired) electrons. The third-order valence-electron chi connectivity index (χ3n) is 4.63. The molecule has 0 aliphatic heterocycles. The van der Waals surface area contributed by atoms with Crippen LogP contribution in [0.2, 0.25) is 0 Å². The monoisotopic (exact) mass is 385 g/mol. The van der Waals surface area contributed by atoms with Gasteiger partial charge in [0.2, 0.25) is 0 Å². The summed E-state index contributed by atoms with van der Waals surface area (Å²) >= 11 is 0. The highest BCUT2D eigenvalue weighted by molar-refractivity contribution is 5.46. The molecule has 0 unspecified atom stereocenters. The topological polar surface area (TPSA) is 37.8 Å². The minimum Gasteiger partial charge on any atom is -0.493 e. The van der Waals surface area contributed by atoms with Crippen LogP contribution in [0.25, 0.3) is 0 Å². The van der Waals surface area contributed by atoms with Gasteiger partial charge in [-0.3, -0.25) is 9.88 Å². The average Bonchev–Trinajstić information content (AvgIpc) is 2.70. The Hall–Kier alpha value is -2.11. The number of ether oxygens (including phenoxy) is 2. The maximum absolute atomic E-state index is 6.17. The van der Waals surface area contributed by atoms with Crippen molar-refractivity contribution >= 4 is 0 Å². The van der Waals surface area contributed by atoms with Gasteiger partial charge in [0, 0.05) is 37.6 Å². The number of methoxy groups -OCH3 is 1. The molecule has 0 fully saturated rings. The van der Waals surface area contributed by atoms with E-state index in [-0.39, 0.29) is 0 Å². The second-order valence-electron chi connectivity index (χ2n) is 7.38. The van der Waals surface area contributed by atoms with Crippen molar-refractivity contribution in [1.29, 1.82) is 0 Å². The van der Waals surface area contributed by atoms with Crippen LogP contribution >= 0.6 is 0 Å². The van der Waals surface area contributed by atoms with E-state index in [1.165, 1.54) is 24.0 Å². The predicted molar refractivity (Wildman–Crippen MR) is 115 cm³/mol. The van der Waals surface area contributed by atoms with Crippen molar-refractivity contribution in [3.8, 4) is 11.5 Å². The Morgan fingerprint density at radius 2 is 1.86 bits per heavy atom. The molecule has 0 spiro atoms. The number of hydrogen-bond acceptors (Lipinski definition) is 5. The van der Waals surface area contributed by atoms with E-state index >= 15 is 0 Å². The number of unbranched alkanes of at least 4 members (excludes halogenated alkanes) is 1. The lowest BCUT2D eigenvalue weighted by atomic mass is 10.1. The summed E-state index contributed by atoms with van der Waals surface area (Å²) < 4.78 is 11.8. The zero-order valence-corrected chi connectivity index (χ0v) is 17.9. The normalized spacial score (nSPS) is 11.2. The third kappa shape index (κ3) is 7.49. The summed E-state index contributed by atoms with van der Waals surface area (Å²) in [5.41, 5.74) is 2.40. The quantitative estimate of drug-likeness (QED) is 0.483. The third-order valence-corrected chi connectivity index (χ3v) is 4.63. The molecule has 28 heavy (non-hydrogen) atoms. The van der Waals surface area contributed by atoms with Crippen LogP contribution in [-0.4, -0.2) is 55.7 Å². The van der Waals surface area contributed by atoms with Gasteiger partial charge in [-0.25, -0.2) is 0 Å². The van der Waals surface area contributed by atoms with Crippen LogP contribution in [0.5, 0.6) is 11.5 Å². The average molecular weight is 386 g/mol. The fourth-order valence-corrected chi connectivity index (χ4v) is 3.15. The fourth-order valence-electron chi connectivity index (χ4n) is 3.15. The minimum atomic E-state index is 0.684. The van der Waals surface area contributed by atoms with Gasteiger partial charge in [-0.05, 0) is 51.2 Å². The van der Waals surface area contributed by atoms with Crippen molar-refractivity contribution < 1.29 is 9.47 Å². The molecule has 1 aromatic carbocycles. The second kappa shape index (κ2) is 12.4. The van der Waals surface area contributed by atoms with Gasteiger partial charge in [0.25, 0.3) is 0 Å². The van der Waals surface area contributed by atoms with Crippen molar-refractivity contribution in [1.82, 2.24) is 14.8 Å². The molecule has 1 aromatic heterocycles. The van der Waals surface area contributed by atoms with Gasteiger partial charge >= 0.3 is 0 Å². The van der Waals surface area contributed by atoms with Crippen LogP contribution in [0.4, 0.5) is 0 Å². The van der Waals surface area contributed by atoms with Crippen molar-refractivity contribution in [2.45, 2.75) is 39.3 Å². The van der Waals surface area contributed by atoms with Crippen LogP contribution in [0.1, 0.15) is 37.3 Å². The Kier molecular flexibility index (Phi) is 9.80. The van der Waals surface area contributed by atoms with Crippen LogP contribution in [-0.2, 0) is 13.1 Å². The summed E-state index contributed by atoms with van der Waals surface area (Å²) in [7, 11) is 5.87. The predicted octanol–water partition coefficient (Wildman–Crippen LogP) is 4.22. The molecule has 1 heterocycles. The number of benzene rings is 1. The number of hydrogen-bond donors (Lipinski definition) is 0. The molecule has 0 saturated carbocycles. The maximum atomic E-state index is 6.17. The molecule has 5 heteroatoms. The highest BCUT2D eigenvalue weighted by Gasteiger charge is 2.15. The number of para-hydroxylation sites is 1. The van der Waals surface area contributed by atoms with Crippen LogP contribution in [0.3, 0.4) is 0 Å². The Morgan fingerprint density at radius 3 is 2.54 bits per heavy atom. The van der Waals surface area contributed by atoms with E-state index in [1.54, 1.807) is 7.11 Å². The van der Waals surface area contributed by atoms with Gasteiger partial charge in [-0.15, -0.1) is 0 Å². The van der Waals surface area contributed by atoms with E-state index in [4.69, 9.17) is 9.47 Å². The standard InChI is InChI=1S/C23H35N3O2/c1-5-6-15-26(18-20-10-8-13-24-17-20)19-21-11-7-12-22(27-4)23(21)28-16-9-14-25(2)3/h7-8,10-13,17H,5-6,9,14-16,18-19H2,1-4H3. The Labute approximate surface area is 170 Å². The first-order valence-electron chi connectivity index (χ1n) is 10.2. The number of rotatable bonds is 13. The molecule has 0 atom stereocenters. The first-order chi connectivity index (χ1) is 13.6. The first kappa shape index (κ1) is 22.2. The molecule has 0 bridgehead atoms. The first-order valence-corrected chi connectivity index (χ1v) is 10.2. The molecule has 0 aliphatic rings. The smallest absolute Gasteiger partial charge is 0.165 e. The second-order valence-corrected chi connectivity index (χ2v) is 7.38. The lowest BCUT2D eigenvalue weighted by molar-refractivity contribution is 0.235. The van der Waals surface area contributed by atoms with Gasteiger partial charge in [0.05, 0.1) is 13.7 Å². The minimum absolute atomic E-state index is 0.684. The number of nitrogens with zero attached hydrogens (tertiary/aromatic N) is 3. The molecule has 0 N–H and O–H groups in total. The van der Waals surface area contributed by atoms with E-state index in [0.29, 0.717) is 6.61 Å². The summed E-state index contributed by atoms with van der Waals surface area (Å²) in [6.07, 6.45) is 7.10. The van der Waals surface area contributed by atoms with Crippen molar-refractivity contribution in [2.75, 3.05) is 40.9 Å². The van der Waals surface area contributed by atoms with Gasteiger partial charge in [-0.2, -0.15) is 0 Å². The highest BCUT2D eigenvalue weighted by Crippen LogP contribution is 2.32. The molecule has 0 saturated heterocycles. The van der Waals surface area contributed by atoms with Gasteiger partial charge in [-0.1, -0.05) is 31.5 Å². The SMILES string of the molecule is CCCCN(Cc1cccnc1)Cc1cccc(OC)c1OCCCN(C)C. The Morgan fingerprint density at radius 1 is 1.00 bits per heavy atom. The Balaban J connectivity index is 2.12. The highest BCUT2D eigenvalue weighted by atomic mass is 16.5. The summed E-state index contributed by atoms with van der Waals surface area (Å²) in [5.74, 6) is 1.68. The molecule has 0 amide bonds. The van der Waals surface area contributed by atoms with Crippen LogP contribution in [0, 0.1) is 0 Å². The van der Waals surface area contributed by atoms with Crippen LogP contribution < -0.4 is 9.47 Å². The van der Waals surface area contributed by atoms with E-state index in [2.05, 4.69) is 47.9 Å². The van der Waals surface area contributed by atoms with E-state index < -0.39 is 0 Å². The molecule has 0 aliphatic carbocycles. The molecule has 154 valence electrons. The molecule has 2 rings (SSSR count). The summed E-state index contributed by atoms with van der Waals surface area (Å²) in [4.78, 5) is 8.89. The van der Waals surface area contributed by atoms with Crippen molar-refractivity contribution in [3.05, 3.63) is 53.9 Å². The molecule has 5 nitrogen and oxygen atoms in total. The number of aromatic nitrogens is 1. The zero-order valence-electron chi connectivity index (χ0n) is 17.9. The Bertz CT molecular complexity index is 677. The summed E-state index contributed by atoms with van der Waals surface area (Å²) in [5, 5.41) is 0. The largest absolute Gasteiger partial charge is 0.493 e. The molecular formula is C23H35N3O2. The van der Waals surface area contributed by atoms with Gasteiger partial charge in [0.1, 0.15) is 0 Å². The van der Waals surface area contributed by atoms with E-state index in [9.17, 15) is 0 Å². The van der Waals surface area contributed by atoms with Gasteiger partial charge < -0.3 is 14.4 Å². The fraction of sp³-hybridized carbons (Fsp3) is 0.522. The lowest BCUT2D eigenvalue weighted by Gasteiger charge is -2.24. The van der Waals surface area contributed by atoms with E-state index in [0.717, 1.165) is 44.1 Å². The number of pyridine rings is 1. The maximum Gasteiger partial charge on any atom is 0.165 e.